The van der Waals surface area contributed by atoms with Crippen LogP contribution in [0, 0.1) is 0 Å². The summed E-state index contributed by atoms with van der Waals surface area (Å²) in [5.41, 5.74) is 8.94. The molecule has 1 aliphatic heterocycles. The molecule has 1 heterocycles. The lowest BCUT2D eigenvalue weighted by molar-refractivity contribution is 0.104. The van der Waals surface area contributed by atoms with Crippen molar-refractivity contribution in [1.82, 2.24) is 4.90 Å². The van der Waals surface area contributed by atoms with E-state index in [4.69, 9.17) is 5.73 Å². The first kappa shape index (κ1) is 14.5. The molecule has 0 saturated carbocycles. The molecule has 2 heteroatoms. The molecule has 0 aromatic heterocycles. The normalized spacial score (nSPS) is 26.3. The fourth-order valence-corrected chi connectivity index (χ4v) is 3.25. The van der Waals surface area contributed by atoms with Crippen LogP contribution in [0.1, 0.15) is 57.2 Å². The molecular formula is C17H28N2. The topological polar surface area (TPSA) is 29.3 Å². The van der Waals surface area contributed by atoms with Gasteiger partial charge in [0.2, 0.25) is 0 Å². The van der Waals surface area contributed by atoms with Gasteiger partial charge in [-0.2, -0.15) is 0 Å². The Hall–Kier alpha value is -0.860. The van der Waals surface area contributed by atoms with E-state index in [1.165, 1.54) is 24.0 Å². The van der Waals surface area contributed by atoms with Gasteiger partial charge in [-0.05, 0) is 44.2 Å². The van der Waals surface area contributed by atoms with E-state index in [-0.39, 0.29) is 0 Å². The van der Waals surface area contributed by atoms with E-state index in [9.17, 15) is 0 Å². The van der Waals surface area contributed by atoms with Gasteiger partial charge in [-0.3, -0.25) is 4.90 Å². The zero-order valence-electron chi connectivity index (χ0n) is 12.6. The number of likely N-dealkylation sites (tertiary alicyclic amines) is 1. The first-order valence-corrected chi connectivity index (χ1v) is 7.72. The van der Waals surface area contributed by atoms with Crippen molar-refractivity contribution in [3.05, 3.63) is 35.4 Å². The largest absolute Gasteiger partial charge is 0.328 e. The fraction of sp³-hybridized carbons (Fsp3) is 0.647. The molecule has 0 spiro atoms. The molecule has 0 bridgehead atoms. The van der Waals surface area contributed by atoms with Crippen LogP contribution in [0.3, 0.4) is 0 Å². The standard InChI is InChI=1S/C17H28N2/c1-4-5-15-6-8-16(9-7-15)14(3)19-11-10-17(18)12-13(19)2/h6-9,13-14,17H,4-5,10-12,18H2,1-3H3. The van der Waals surface area contributed by atoms with E-state index in [1.54, 1.807) is 0 Å². The maximum absolute atomic E-state index is 6.05. The Bertz CT molecular complexity index is 385. The molecule has 1 aliphatic rings. The molecule has 0 aliphatic carbocycles. The van der Waals surface area contributed by atoms with E-state index in [2.05, 4.69) is 49.9 Å². The lowest BCUT2D eigenvalue weighted by Crippen LogP contribution is -2.46. The number of benzene rings is 1. The van der Waals surface area contributed by atoms with Crippen molar-refractivity contribution < 1.29 is 0 Å². The molecule has 106 valence electrons. The highest BCUT2D eigenvalue weighted by atomic mass is 15.2. The predicted octanol–water partition coefficient (Wildman–Crippen LogP) is 3.51. The molecule has 1 saturated heterocycles. The summed E-state index contributed by atoms with van der Waals surface area (Å²) in [6.45, 7) is 7.98. The monoisotopic (exact) mass is 260 g/mol. The van der Waals surface area contributed by atoms with Crippen LogP contribution < -0.4 is 5.73 Å². The first-order valence-electron chi connectivity index (χ1n) is 7.72. The summed E-state index contributed by atoms with van der Waals surface area (Å²) in [5.74, 6) is 0. The Balaban J connectivity index is 2.04. The third-order valence-corrected chi connectivity index (χ3v) is 4.47. The van der Waals surface area contributed by atoms with Gasteiger partial charge in [0.25, 0.3) is 0 Å². The van der Waals surface area contributed by atoms with Gasteiger partial charge in [-0.15, -0.1) is 0 Å². The molecule has 2 rings (SSSR count). The summed E-state index contributed by atoms with van der Waals surface area (Å²) in [6, 6.07) is 10.7. The van der Waals surface area contributed by atoms with E-state index in [1.807, 2.05) is 0 Å². The fourth-order valence-electron chi connectivity index (χ4n) is 3.25. The highest BCUT2D eigenvalue weighted by Gasteiger charge is 2.27. The minimum Gasteiger partial charge on any atom is -0.328 e. The Morgan fingerprint density at radius 3 is 2.58 bits per heavy atom. The molecule has 3 unspecified atom stereocenters. The second kappa shape index (κ2) is 6.53. The summed E-state index contributed by atoms with van der Waals surface area (Å²) >= 11 is 0. The molecule has 1 fully saturated rings. The maximum atomic E-state index is 6.05. The third-order valence-electron chi connectivity index (χ3n) is 4.47. The van der Waals surface area contributed by atoms with Crippen LogP contribution in [-0.2, 0) is 6.42 Å². The van der Waals surface area contributed by atoms with E-state index in [0.717, 1.165) is 19.4 Å². The number of hydrogen-bond acceptors (Lipinski definition) is 2. The summed E-state index contributed by atoms with van der Waals surface area (Å²) in [6.07, 6.45) is 4.65. The zero-order valence-corrected chi connectivity index (χ0v) is 12.6. The van der Waals surface area contributed by atoms with Crippen molar-refractivity contribution in [3.63, 3.8) is 0 Å². The Morgan fingerprint density at radius 2 is 2.00 bits per heavy atom. The van der Waals surface area contributed by atoms with E-state index < -0.39 is 0 Å². The Labute approximate surface area is 118 Å². The van der Waals surface area contributed by atoms with Crippen LogP contribution in [0.5, 0.6) is 0 Å². The average Bonchev–Trinajstić information content (AvgIpc) is 2.39. The van der Waals surface area contributed by atoms with Gasteiger partial charge in [0.05, 0.1) is 0 Å². The lowest BCUT2D eigenvalue weighted by Gasteiger charge is -2.40. The van der Waals surface area contributed by atoms with Crippen LogP contribution in [0.15, 0.2) is 24.3 Å². The minimum absolute atomic E-state index is 0.394. The number of rotatable bonds is 4. The van der Waals surface area contributed by atoms with Crippen molar-refractivity contribution in [2.24, 2.45) is 5.73 Å². The van der Waals surface area contributed by atoms with Gasteiger partial charge >= 0.3 is 0 Å². The van der Waals surface area contributed by atoms with Gasteiger partial charge in [-0.1, -0.05) is 37.6 Å². The van der Waals surface area contributed by atoms with E-state index >= 15 is 0 Å². The molecular weight excluding hydrogens is 232 g/mol. The maximum Gasteiger partial charge on any atom is 0.0322 e. The number of nitrogens with zero attached hydrogens (tertiary/aromatic N) is 1. The van der Waals surface area contributed by atoms with Crippen LogP contribution in [0.2, 0.25) is 0 Å². The zero-order chi connectivity index (χ0) is 13.8. The van der Waals surface area contributed by atoms with Gasteiger partial charge in [0.1, 0.15) is 0 Å². The molecule has 1 aromatic rings. The summed E-state index contributed by atoms with van der Waals surface area (Å²) in [4.78, 5) is 2.60. The van der Waals surface area contributed by atoms with Crippen LogP contribution in [-0.4, -0.2) is 23.5 Å². The summed E-state index contributed by atoms with van der Waals surface area (Å²) in [7, 11) is 0. The van der Waals surface area contributed by atoms with Crippen molar-refractivity contribution >= 4 is 0 Å². The quantitative estimate of drug-likeness (QED) is 0.897. The second-order valence-corrected chi connectivity index (χ2v) is 6.04. The summed E-state index contributed by atoms with van der Waals surface area (Å²) < 4.78 is 0. The Morgan fingerprint density at radius 1 is 1.32 bits per heavy atom. The van der Waals surface area contributed by atoms with Crippen LogP contribution >= 0.6 is 0 Å². The minimum atomic E-state index is 0.394. The van der Waals surface area contributed by atoms with Gasteiger partial charge < -0.3 is 5.73 Å². The molecule has 2 N–H and O–H groups in total. The van der Waals surface area contributed by atoms with Crippen molar-refractivity contribution in [3.8, 4) is 0 Å². The van der Waals surface area contributed by atoms with Crippen molar-refractivity contribution in [2.45, 2.75) is 64.6 Å². The summed E-state index contributed by atoms with van der Waals surface area (Å²) in [5, 5.41) is 0. The molecule has 0 amide bonds. The third kappa shape index (κ3) is 3.58. The number of aryl methyl sites for hydroxylation is 1. The highest BCUT2D eigenvalue weighted by Crippen LogP contribution is 2.28. The smallest absolute Gasteiger partial charge is 0.0322 e. The SMILES string of the molecule is CCCc1ccc(C(C)N2CCC(N)CC2C)cc1. The number of hydrogen-bond donors (Lipinski definition) is 1. The van der Waals surface area contributed by atoms with Crippen LogP contribution in [0.25, 0.3) is 0 Å². The number of nitrogens with two attached hydrogens (primary N) is 1. The van der Waals surface area contributed by atoms with Gasteiger partial charge in [0, 0.05) is 24.7 Å². The van der Waals surface area contributed by atoms with Gasteiger partial charge in [0.15, 0.2) is 0 Å². The van der Waals surface area contributed by atoms with Crippen LogP contribution in [0.4, 0.5) is 0 Å². The first-order chi connectivity index (χ1) is 9.11. The molecule has 2 nitrogen and oxygen atoms in total. The van der Waals surface area contributed by atoms with Gasteiger partial charge in [-0.25, -0.2) is 0 Å². The molecule has 3 atom stereocenters. The second-order valence-electron chi connectivity index (χ2n) is 6.04. The number of piperidine rings is 1. The van der Waals surface area contributed by atoms with Crippen molar-refractivity contribution in [2.75, 3.05) is 6.54 Å². The lowest BCUT2D eigenvalue weighted by atomic mass is 9.94. The Kier molecular flexibility index (Phi) is 5.00. The average molecular weight is 260 g/mol. The molecule has 19 heavy (non-hydrogen) atoms. The van der Waals surface area contributed by atoms with E-state index in [0.29, 0.717) is 18.1 Å². The predicted molar refractivity (Wildman–Crippen MR) is 82.2 cm³/mol. The molecule has 0 radical (unpaired) electrons. The van der Waals surface area contributed by atoms with Crippen molar-refractivity contribution in [1.29, 1.82) is 0 Å². The molecule has 1 aromatic carbocycles. The highest BCUT2D eigenvalue weighted by molar-refractivity contribution is 5.25.